The Balaban J connectivity index is 2.02. The second-order valence-corrected chi connectivity index (χ2v) is 8.63. The standard InChI is InChI=1S/C25H24F5NO3/c1-14(2)13-34-24(33)23-15(3)31(12-16-8-19(26)10-20(27)9-16)22(32)11-21(23)17-4-6-18(7-5-17)25(28,29)30/h4-10,14,21H,11-13H2,1-3H3/t21-/m1/s1. The van der Waals surface area contributed by atoms with Gasteiger partial charge in [-0.25, -0.2) is 13.6 Å². The van der Waals surface area contributed by atoms with E-state index < -0.39 is 41.2 Å². The average molecular weight is 481 g/mol. The molecule has 182 valence electrons. The third-order valence-corrected chi connectivity index (χ3v) is 5.49. The maximum atomic E-state index is 13.6. The van der Waals surface area contributed by atoms with Gasteiger partial charge in [0.05, 0.1) is 24.3 Å². The van der Waals surface area contributed by atoms with Crippen LogP contribution in [-0.2, 0) is 27.0 Å². The Bertz CT molecular complexity index is 1090. The van der Waals surface area contributed by atoms with E-state index in [2.05, 4.69) is 0 Å². The molecule has 34 heavy (non-hydrogen) atoms. The molecule has 1 aliphatic rings. The van der Waals surface area contributed by atoms with Gasteiger partial charge in [0.1, 0.15) is 11.6 Å². The Kier molecular flexibility index (Phi) is 7.43. The highest BCUT2D eigenvalue weighted by Gasteiger charge is 2.38. The highest BCUT2D eigenvalue weighted by Crippen LogP contribution is 2.39. The van der Waals surface area contributed by atoms with E-state index in [0.717, 1.165) is 24.3 Å². The highest BCUT2D eigenvalue weighted by molar-refractivity contribution is 5.95. The van der Waals surface area contributed by atoms with Crippen LogP contribution in [0.15, 0.2) is 53.7 Å². The number of esters is 1. The van der Waals surface area contributed by atoms with E-state index in [1.807, 2.05) is 13.8 Å². The highest BCUT2D eigenvalue weighted by atomic mass is 19.4. The number of rotatable bonds is 6. The van der Waals surface area contributed by atoms with Crippen LogP contribution in [0.25, 0.3) is 0 Å². The van der Waals surface area contributed by atoms with E-state index >= 15 is 0 Å². The topological polar surface area (TPSA) is 46.6 Å². The van der Waals surface area contributed by atoms with Crippen molar-refractivity contribution in [3.8, 4) is 0 Å². The van der Waals surface area contributed by atoms with Crippen LogP contribution in [0.5, 0.6) is 0 Å². The van der Waals surface area contributed by atoms with Crippen molar-refractivity contribution in [2.24, 2.45) is 5.92 Å². The van der Waals surface area contributed by atoms with Crippen molar-refractivity contribution < 1.29 is 36.3 Å². The third-order valence-electron chi connectivity index (χ3n) is 5.49. The van der Waals surface area contributed by atoms with Crippen LogP contribution in [0.2, 0.25) is 0 Å². The van der Waals surface area contributed by atoms with Gasteiger partial charge < -0.3 is 9.64 Å². The smallest absolute Gasteiger partial charge is 0.416 e. The molecule has 1 aliphatic heterocycles. The summed E-state index contributed by atoms with van der Waals surface area (Å²) in [5.41, 5.74) is 0.0379. The van der Waals surface area contributed by atoms with Gasteiger partial charge in [0.15, 0.2) is 0 Å². The summed E-state index contributed by atoms with van der Waals surface area (Å²) < 4.78 is 71.6. The molecule has 2 aromatic rings. The van der Waals surface area contributed by atoms with Gasteiger partial charge >= 0.3 is 12.1 Å². The Hall–Kier alpha value is -3.23. The normalized spacial score (nSPS) is 16.9. The fourth-order valence-corrected chi connectivity index (χ4v) is 3.86. The van der Waals surface area contributed by atoms with Crippen LogP contribution >= 0.6 is 0 Å². The molecule has 2 aromatic carbocycles. The van der Waals surface area contributed by atoms with Gasteiger partial charge in [-0.1, -0.05) is 26.0 Å². The molecular weight excluding hydrogens is 457 g/mol. The number of nitrogens with zero attached hydrogens (tertiary/aromatic N) is 1. The van der Waals surface area contributed by atoms with Crippen LogP contribution in [-0.4, -0.2) is 23.4 Å². The summed E-state index contributed by atoms with van der Waals surface area (Å²) in [6.07, 6.45) is -4.74. The molecule has 9 heteroatoms. The second-order valence-electron chi connectivity index (χ2n) is 8.63. The zero-order chi connectivity index (χ0) is 25.2. The molecule has 0 radical (unpaired) electrons. The number of hydrogen-bond acceptors (Lipinski definition) is 3. The fourth-order valence-electron chi connectivity index (χ4n) is 3.86. The Labute approximate surface area is 194 Å². The third kappa shape index (κ3) is 5.81. The molecule has 1 amide bonds. The van der Waals surface area contributed by atoms with E-state index in [4.69, 9.17) is 4.74 Å². The number of ether oxygens (including phenoxy) is 1. The average Bonchev–Trinajstić information content (AvgIpc) is 2.73. The van der Waals surface area contributed by atoms with Gasteiger partial charge in [0.25, 0.3) is 0 Å². The maximum absolute atomic E-state index is 13.6. The quantitative estimate of drug-likeness (QED) is 0.377. The summed E-state index contributed by atoms with van der Waals surface area (Å²) in [6.45, 7) is 5.13. The van der Waals surface area contributed by atoms with Gasteiger partial charge in [0.2, 0.25) is 5.91 Å². The first-order valence-corrected chi connectivity index (χ1v) is 10.7. The lowest BCUT2D eigenvalue weighted by Gasteiger charge is -2.34. The van der Waals surface area contributed by atoms with Crippen molar-refractivity contribution in [3.63, 3.8) is 0 Å². The Morgan fingerprint density at radius 3 is 2.21 bits per heavy atom. The predicted octanol–water partition coefficient (Wildman–Crippen LogP) is 5.97. The SMILES string of the molecule is CC1=C(C(=O)OCC(C)C)[C@@H](c2ccc(C(F)(F)F)cc2)CC(=O)N1Cc1cc(F)cc(F)c1. The number of hydrogen-bond donors (Lipinski definition) is 0. The molecule has 0 unspecified atom stereocenters. The minimum atomic E-state index is -4.53. The van der Waals surface area contributed by atoms with E-state index in [9.17, 15) is 31.5 Å². The van der Waals surface area contributed by atoms with Crippen molar-refractivity contribution in [2.75, 3.05) is 6.61 Å². The van der Waals surface area contributed by atoms with Gasteiger partial charge in [0, 0.05) is 24.1 Å². The summed E-state index contributed by atoms with van der Waals surface area (Å²) in [4.78, 5) is 27.2. The summed E-state index contributed by atoms with van der Waals surface area (Å²) >= 11 is 0. The second kappa shape index (κ2) is 9.95. The lowest BCUT2D eigenvalue weighted by molar-refractivity contribution is -0.141. The molecule has 0 aromatic heterocycles. The molecule has 0 saturated carbocycles. The van der Waals surface area contributed by atoms with Crippen molar-refractivity contribution in [1.29, 1.82) is 0 Å². The summed E-state index contributed by atoms with van der Waals surface area (Å²) in [5.74, 6) is -3.53. The molecule has 4 nitrogen and oxygen atoms in total. The molecule has 1 atom stereocenters. The van der Waals surface area contributed by atoms with Crippen molar-refractivity contribution in [1.82, 2.24) is 4.90 Å². The maximum Gasteiger partial charge on any atom is 0.416 e. The first-order chi connectivity index (χ1) is 15.9. The first-order valence-electron chi connectivity index (χ1n) is 10.7. The van der Waals surface area contributed by atoms with E-state index in [0.29, 0.717) is 11.6 Å². The van der Waals surface area contributed by atoms with E-state index in [1.54, 1.807) is 0 Å². The first kappa shape index (κ1) is 25.4. The van der Waals surface area contributed by atoms with Crippen molar-refractivity contribution in [3.05, 3.63) is 82.1 Å². The molecule has 1 heterocycles. The summed E-state index contributed by atoms with van der Waals surface area (Å²) in [6, 6.07) is 7.15. The fraction of sp³-hybridized carbons (Fsp3) is 0.360. The molecular formula is C25H24F5NO3. The number of halogens is 5. The predicted molar refractivity (Wildman–Crippen MR) is 114 cm³/mol. The monoisotopic (exact) mass is 481 g/mol. The molecule has 0 fully saturated rings. The number of amides is 1. The van der Waals surface area contributed by atoms with Gasteiger partial charge in [-0.15, -0.1) is 0 Å². The lowest BCUT2D eigenvalue weighted by atomic mass is 9.83. The molecule has 0 spiro atoms. The zero-order valence-electron chi connectivity index (χ0n) is 18.9. The number of allylic oxidation sites excluding steroid dienone is 1. The van der Waals surface area contributed by atoms with Gasteiger partial charge in [-0.2, -0.15) is 13.2 Å². The molecule has 0 N–H and O–H groups in total. The van der Waals surface area contributed by atoms with Gasteiger partial charge in [-0.3, -0.25) is 4.79 Å². The summed E-state index contributed by atoms with van der Waals surface area (Å²) in [5, 5.41) is 0. The number of alkyl halides is 3. The van der Waals surface area contributed by atoms with Crippen LogP contribution in [0.4, 0.5) is 22.0 Å². The van der Waals surface area contributed by atoms with E-state index in [-0.39, 0.29) is 42.3 Å². The van der Waals surface area contributed by atoms with Crippen LogP contribution in [0.1, 0.15) is 49.8 Å². The molecule has 0 saturated heterocycles. The molecule has 0 aliphatic carbocycles. The molecule has 0 bridgehead atoms. The minimum Gasteiger partial charge on any atom is -0.462 e. The van der Waals surface area contributed by atoms with E-state index in [1.165, 1.54) is 24.0 Å². The number of carbonyl (C=O) groups is 2. The van der Waals surface area contributed by atoms with Crippen molar-refractivity contribution >= 4 is 11.9 Å². The van der Waals surface area contributed by atoms with Crippen molar-refractivity contribution in [2.45, 2.75) is 45.8 Å². The largest absolute Gasteiger partial charge is 0.462 e. The lowest BCUT2D eigenvalue weighted by Crippen LogP contribution is -2.38. The van der Waals surface area contributed by atoms with Crippen LogP contribution in [0.3, 0.4) is 0 Å². The summed E-state index contributed by atoms with van der Waals surface area (Å²) in [7, 11) is 0. The van der Waals surface area contributed by atoms with Crippen LogP contribution in [0, 0.1) is 17.6 Å². The Morgan fingerprint density at radius 2 is 1.68 bits per heavy atom. The van der Waals surface area contributed by atoms with Crippen LogP contribution < -0.4 is 0 Å². The minimum absolute atomic E-state index is 0.0333. The molecule has 3 rings (SSSR count). The Morgan fingerprint density at radius 1 is 1.09 bits per heavy atom. The number of carbonyl (C=O) groups excluding carboxylic acids is 2. The van der Waals surface area contributed by atoms with Gasteiger partial charge in [-0.05, 0) is 48.2 Å². The zero-order valence-corrected chi connectivity index (χ0v) is 18.9. The number of benzene rings is 2.